The number of carbonyl (C=O) groups excluding carboxylic acids is 2. The molecular weight excluding hydrogens is 331 g/mol. The summed E-state index contributed by atoms with van der Waals surface area (Å²) >= 11 is 0. The highest BCUT2D eigenvalue weighted by molar-refractivity contribution is 5.94. The zero-order valence-corrected chi connectivity index (χ0v) is 12.7. The second-order valence-corrected chi connectivity index (χ2v) is 4.16. The molecule has 6 nitrogen and oxygen atoms in total. The van der Waals surface area contributed by atoms with Crippen LogP contribution < -0.4 is 10.1 Å². The molecule has 0 aliphatic rings. The number of anilines is 1. The lowest BCUT2D eigenvalue weighted by Gasteiger charge is -2.09. The van der Waals surface area contributed by atoms with Crippen molar-refractivity contribution in [1.82, 2.24) is 0 Å². The molecule has 0 amide bonds. The molecule has 130 valence electrons. The van der Waals surface area contributed by atoms with Gasteiger partial charge in [0.1, 0.15) is 5.75 Å². The predicted molar refractivity (Wildman–Crippen MR) is 78.0 cm³/mol. The number of nitrogens with one attached hydrogen (secondary N) is 1. The van der Waals surface area contributed by atoms with E-state index in [1.807, 2.05) is 0 Å². The fourth-order valence-corrected chi connectivity index (χ4v) is 1.43. The van der Waals surface area contributed by atoms with Crippen LogP contribution in [0.3, 0.4) is 0 Å². The molecule has 1 aromatic carbocycles. The second kappa shape index (κ2) is 8.61. The van der Waals surface area contributed by atoms with Gasteiger partial charge in [-0.2, -0.15) is 0 Å². The Morgan fingerprint density at radius 3 is 2.17 bits per heavy atom. The monoisotopic (exact) mass is 345 g/mol. The Balaban J connectivity index is 2.83. The minimum atomic E-state index is -4.77. The first-order chi connectivity index (χ1) is 11.2. The highest BCUT2D eigenvalue weighted by atomic mass is 19.4. The Labute approximate surface area is 135 Å². The maximum Gasteiger partial charge on any atom is 0.573 e. The van der Waals surface area contributed by atoms with Gasteiger partial charge in [0, 0.05) is 18.0 Å². The number of benzene rings is 1. The minimum absolute atomic E-state index is 0.00137. The molecule has 0 aliphatic carbocycles. The number of methoxy groups -OCH3 is 2. The van der Waals surface area contributed by atoms with Crippen molar-refractivity contribution in [3.8, 4) is 5.75 Å². The third-order valence-electron chi connectivity index (χ3n) is 2.50. The second-order valence-electron chi connectivity index (χ2n) is 4.16. The summed E-state index contributed by atoms with van der Waals surface area (Å²) in [7, 11) is 2.34. The van der Waals surface area contributed by atoms with Gasteiger partial charge in [0.15, 0.2) is 0 Å². The van der Waals surface area contributed by atoms with Crippen molar-refractivity contribution in [1.29, 1.82) is 0 Å². The quantitative estimate of drug-likeness (QED) is 0.486. The number of carbonyl (C=O) groups is 2. The normalized spacial score (nSPS) is 12.0. The Kier molecular flexibility index (Phi) is 6.84. The Hall–Kier alpha value is -2.97. The van der Waals surface area contributed by atoms with Gasteiger partial charge in [-0.05, 0) is 30.3 Å². The summed E-state index contributed by atoms with van der Waals surface area (Å²) in [5.74, 6) is -1.77. The fraction of sp³-hybridized carbons (Fsp3) is 0.200. The first kappa shape index (κ1) is 19.1. The molecule has 1 aromatic rings. The van der Waals surface area contributed by atoms with Crippen molar-refractivity contribution in [2.75, 3.05) is 19.5 Å². The molecule has 0 heterocycles. The standard InChI is InChI=1S/C15H14F3NO5/c1-22-13(20)8-3-10(14(21)23-2)9-19-11-4-6-12(7-5-11)24-15(16,17)18/h3-9,19H,1-2H3/b8-3+,10-9-. The van der Waals surface area contributed by atoms with Gasteiger partial charge in [0.2, 0.25) is 0 Å². The van der Waals surface area contributed by atoms with Crippen molar-refractivity contribution in [3.05, 3.63) is 48.2 Å². The molecule has 0 aromatic heterocycles. The lowest BCUT2D eigenvalue weighted by molar-refractivity contribution is -0.274. The van der Waals surface area contributed by atoms with Gasteiger partial charge >= 0.3 is 18.3 Å². The van der Waals surface area contributed by atoms with Crippen LogP contribution in [0.5, 0.6) is 5.75 Å². The molecule has 0 bridgehead atoms. The molecule has 0 aliphatic heterocycles. The average Bonchev–Trinajstić information content (AvgIpc) is 2.53. The lowest BCUT2D eigenvalue weighted by Crippen LogP contribution is -2.16. The van der Waals surface area contributed by atoms with Gasteiger partial charge in [-0.1, -0.05) is 0 Å². The van der Waals surface area contributed by atoms with Crippen LogP contribution in [0.15, 0.2) is 48.2 Å². The summed E-state index contributed by atoms with van der Waals surface area (Å²) < 4.78 is 48.9. The third kappa shape index (κ3) is 6.86. The molecule has 0 radical (unpaired) electrons. The predicted octanol–water partition coefficient (Wildman–Crippen LogP) is 2.78. The van der Waals surface area contributed by atoms with E-state index in [9.17, 15) is 22.8 Å². The van der Waals surface area contributed by atoms with Crippen LogP contribution in [0, 0.1) is 0 Å². The SMILES string of the molecule is COC(=O)/C=C/C(=C/Nc1ccc(OC(F)(F)F)cc1)C(=O)OC. The molecule has 0 saturated carbocycles. The van der Waals surface area contributed by atoms with E-state index in [4.69, 9.17) is 0 Å². The summed E-state index contributed by atoms with van der Waals surface area (Å²) in [4.78, 5) is 22.6. The van der Waals surface area contributed by atoms with Gasteiger partial charge in [-0.25, -0.2) is 9.59 Å². The zero-order chi connectivity index (χ0) is 18.2. The molecule has 0 unspecified atom stereocenters. The molecule has 0 fully saturated rings. The van der Waals surface area contributed by atoms with E-state index in [1.54, 1.807) is 0 Å². The van der Waals surface area contributed by atoms with Crippen LogP contribution >= 0.6 is 0 Å². The van der Waals surface area contributed by atoms with Crippen LogP contribution in [0.25, 0.3) is 0 Å². The largest absolute Gasteiger partial charge is 0.573 e. The van der Waals surface area contributed by atoms with E-state index in [0.29, 0.717) is 5.69 Å². The lowest BCUT2D eigenvalue weighted by atomic mass is 10.2. The van der Waals surface area contributed by atoms with Crippen LogP contribution in [0.2, 0.25) is 0 Å². The van der Waals surface area contributed by atoms with Crippen LogP contribution in [0.1, 0.15) is 0 Å². The number of hydrogen-bond donors (Lipinski definition) is 1. The smallest absolute Gasteiger partial charge is 0.466 e. The topological polar surface area (TPSA) is 73.9 Å². The molecule has 24 heavy (non-hydrogen) atoms. The average molecular weight is 345 g/mol. The zero-order valence-electron chi connectivity index (χ0n) is 12.7. The van der Waals surface area contributed by atoms with Gasteiger partial charge in [-0.3, -0.25) is 0 Å². The van der Waals surface area contributed by atoms with Crippen LogP contribution in [0.4, 0.5) is 18.9 Å². The molecule has 0 saturated heterocycles. The van der Waals surface area contributed by atoms with Gasteiger partial charge in [0.05, 0.1) is 19.8 Å². The molecule has 9 heteroatoms. The summed E-state index contributed by atoms with van der Waals surface area (Å²) in [5.41, 5.74) is 0.385. The fourth-order valence-electron chi connectivity index (χ4n) is 1.43. The summed E-state index contributed by atoms with van der Waals surface area (Å²) in [6.45, 7) is 0. The Bertz CT molecular complexity index is 636. The van der Waals surface area contributed by atoms with Crippen molar-refractivity contribution in [3.63, 3.8) is 0 Å². The molecule has 1 rings (SSSR count). The summed E-state index contributed by atoms with van der Waals surface area (Å²) in [5, 5.41) is 2.69. The van der Waals surface area contributed by atoms with E-state index in [1.165, 1.54) is 31.5 Å². The maximum atomic E-state index is 12.1. The Morgan fingerprint density at radius 1 is 1.04 bits per heavy atom. The van der Waals surface area contributed by atoms with E-state index in [-0.39, 0.29) is 11.3 Å². The first-order valence-electron chi connectivity index (χ1n) is 6.42. The number of alkyl halides is 3. The number of esters is 2. The highest BCUT2D eigenvalue weighted by Crippen LogP contribution is 2.24. The third-order valence-corrected chi connectivity index (χ3v) is 2.50. The molecular formula is C15H14F3NO5. The van der Waals surface area contributed by atoms with Crippen LogP contribution in [-0.4, -0.2) is 32.5 Å². The van der Waals surface area contributed by atoms with Gasteiger partial charge in [0.25, 0.3) is 0 Å². The van der Waals surface area contributed by atoms with E-state index < -0.39 is 18.3 Å². The number of hydrogen-bond acceptors (Lipinski definition) is 6. The number of rotatable bonds is 6. The minimum Gasteiger partial charge on any atom is -0.466 e. The summed E-state index contributed by atoms with van der Waals surface area (Å²) in [6, 6.07) is 4.84. The number of ether oxygens (including phenoxy) is 3. The van der Waals surface area contributed by atoms with Crippen molar-refractivity contribution in [2.45, 2.75) is 6.36 Å². The van der Waals surface area contributed by atoms with Crippen molar-refractivity contribution in [2.24, 2.45) is 0 Å². The van der Waals surface area contributed by atoms with Crippen molar-refractivity contribution < 1.29 is 37.0 Å². The number of halogens is 3. The van der Waals surface area contributed by atoms with Gasteiger partial charge in [-0.15, -0.1) is 13.2 Å². The summed E-state index contributed by atoms with van der Waals surface area (Å²) in [6.07, 6.45) is -1.35. The van der Waals surface area contributed by atoms with E-state index in [2.05, 4.69) is 19.5 Å². The Morgan fingerprint density at radius 2 is 1.67 bits per heavy atom. The molecule has 1 N–H and O–H groups in total. The highest BCUT2D eigenvalue weighted by Gasteiger charge is 2.30. The van der Waals surface area contributed by atoms with Gasteiger partial charge < -0.3 is 19.5 Å². The molecule has 0 atom stereocenters. The van der Waals surface area contributed by atoms with E-state index in [0.717, 1.165) is 25.3 Å². The van der Waals surface area contributed by atoms with Crippen LogP contribution in [-0.2, 0) is 19.1 Å². The van der Waals surface area contributed by atoms with E-state index >= 15 is 0 Å². The van der Waals surface area contributed by atoms with Crippen molar-refractivity contribution >= 4 is 17.6 Å². The first-order valence-corrected chi connectivity index (χ1v) is 6.42. The maximum absolute atomic E-state index is 12.1. The molecule has 0 spiro atoms.